The molecular weight excluding hydrogens is 486 g/mol. The Balaban J connectivity index is 1.79. The van der Waals surface area contributed by atoms with E-state index in [0.717, 1.165) is 23.4 Å². The summed E-state index contributed by atoms with van der Waals surface area (Å²) < 4.78 is 56.8. The average Bonchev–Trinajstić information content (AvgIpc) is 2.97. The zero-order valence-electron chi connectivity index (χ0n) is 18.3. The summed E-state index contributed by atoms with van der Waals surface area (Å²) in [5.74, 6) is -2.09. The Labute approximate surface area is 201 Å². The van der Waals surface area contributed by atoms with Crippen LogP contribution in [-0.2, 0) is 5.75 Å². The van der Waals surface area contributed by atoms with Crippen molar-refractivity contribution < 1.29 is 27.5 Å². The van der Waals surface area contributed by atoms with E-state index in [4.69, 9.17) is 0 Å². The van der Waals surface area contributed by atoms with Crippen LogP contribution in [0.15, 0.2) is 64.4 Å². The van der Waals surface area contributed by atoms with Crippen LogP contribution in [0.5, 0.6) is 5.75 Å². The molecule has 35 heavy (non-hydrogen) atoms. The molecule has 2 aliphatic heterocycles. The molecule has 1 aromatic heterocycles. The van der Waals surface area contributed by atoms with Crippen molar-refractivity contribution in [3.05, 3.63) is 93.2 Å². The summed E-state index contributed by atoms with van der Waals surface area (Å²) in [4.78, 5) is 26.7. The van der Waals surface area contributed by atoms with E-state index in [-0.39, 0.29) is 0 Å². The van der Waals surface area contributed by atoms with Crippen molar-refractivity contribution in [2.45, 2.75) is 35.8 Å². The third kappa shape index (κ3) is 3.83. The number of hydrogen-bond acceptors (Lipinski definition) is 5. The maximum atomic E-state index is 14.5. The predicted octanol–water partition coefficient (Wildman–Crippen LogP) is 4.39. The molecule has 6 nitrogen and oxygen atoms in total. The van der Waals surface area contributed by atoms with E-state index in [1.54, 1.807) is 18.2 Å². The summed E-state index contributed by atoms with van der Waals surface area (Å²) in [6.07, 6.45) is -3.51. The molecule has 3 aromatic rings. The second-order valence-corrected chi connectivity index (χ2v) is 9.38. The molecule has 182 valence electrons. The first-order valence-electron chi connectivity index (χ1n) is 10.7. The van der Waals surface area contributed by atoms with E-state index in [9.17, 15) is 32.3 Å². The summed E-state index contributed by atoms with van der Waals surface area (Å²) in [5, 5.41) is 11.9. The molecular formula is C24H19F4N3O3S. The van der Waals surface area contributed by atoms with Crippen molar-refractivity contribution in [1.29, 1.82) is 0 Å². The minimum absolute atomic E-state index is 0.501. The number of amides is 1. The van der Waals surface area contributed by atoms with Crippen LogP contribution in [0.3, 0.4) is 0 Å². The van der Waals surface area contributed by atoms with Gasteiger partial charge in [-0.05, 0) is 41.8 Å². The molecule has 0 fully saturated rings. The Morgan fingerprint density at radius 3 is 2.57 bits per heavy atom. The van der Waals surface area contributed by atoms with Gasteiger partial charge in [0, 0.05) is 22.9 Å². The quantitative estimate of drug-likeness (QED) is 0.524. The number of alkyl halides is 3. The van der Waals surface area contributed by atoms with Crippen molar-refractivity contribution in [3.8, 4) is 5.75 Å². The molecule has 1 unspecified atom stereocenters. The van der Waals surface area contributed by atoms with Gasteiger partial charge >= 0.3 is 6.18 Å². The highest BCUT2D eigenvalue weighted by atomic mass is 32.2. The highest BCUT2D eigenvalue weighted by Crippen LogP contribution is 2.43. The largest absolute Gasteiger partial charge is 0.502 e. The van der Waals surface area contributed by atoms with E-state index in [1.165, 1.54) is 39.8 Å². The number of aromatic nitrogens is 1. The molecule has 3 heterocycles. The molecule has 2 atom stereocenters. The smallest absolute Gasteiger partial charge is 0.408 e. The topological polar surface area (TPSA) is 65.8 Å². The standard InChI is InChI=1S/C24H19F4N3O3S/c1-13(24(26,27)28)29-12-31(30-9-8-18(32)22(33)21(30)23(29)34)20-16-4-2-3-5-19(16)35-11-14-6-7-15(25)10-17(14)20/h2-10,13,20,33H,11-12H2,1H3/t13?,20-/m1/s1. The highest BCUT2D eigenvalue weighted by Gasteiger charge is 2.47. The Bertz CT molecular complexity index is 1390. The molecule has 1 N–H and O–H groups in total. The van der Waals surface area contributed by atoms with Crippen LogP contribution in [-0.4, -0.2) is 39.5 Å². The number of pyridine rings is 1. The van der Waals surface area contributed by atoms with E-state index >= 15 is 0 Å². The molecule has 0 aliphatic carbocycles. The fraction of sp³-hybridized carbons (Fsp3) is 0.250. The summed E-state index contributed by atoms with van der Waals surface area (Å²) in [6.45, 7) is 0.322. The monoisotopic (exact) mass is 505 g/mol. The minimum Gasteiger partial charge on any atom is -0.502 e. The summed E-state index contributed by atoms with van der Waals surface area (Å²) in [6, 6.07) is 9.55. The lowest BCUT2D eigenvalue weighted by molar-refractivity contribution is -0.173. The normalized spacial score (nSPS) is 18.4. The number of carbonyl (C=O) groups excluding carboxylic acids is 1. The molecule has 2 aliphatic rings. The molecule has 0 saturated heterocycles. The average molecular weight is 505 g/mol. The first kappa shape index (κ1) is 23.3. The van der Waals surface area contributed by atoms with Gasteiger partial charge < -0.3 is 10.0 Å². The molecule has 0 bridgehead atoms. The molecule has 2 aromatic carbocycles. The van der Waals surface area contributed by atoms with Gasteiger partial charge in [0.15, 0.2) is 11.4 Å². The number of hydrogen-bond donors (Lipinski definition) is 1. The van der Waals surface area contributed by atoms with Gasteiger partial charge in [0.2, 0.25) is 5.43 Å². The minimum atomic E-state index is -4.75. The van der Waals surface area contributed by atoms with Gasteiger partial charge in [-0.3, -0.25) is 19.3 Å². The van der Waals surface area contributed by atoms with Crippen LogP contribution in [0.4, 0.5) is 17.6 Å². The number of carbonyl (C=O) groups is 1. The zero-order valence-corrected chi connectivity index (χ0v) is 19.1. The summed E-state index contributed by atoms with van der Waals surface area (Å²) in [7, 11) is 0. The number of rotatable bonds is 2. The Hall–Kier alpha value is -3.47. The van der Waals surface area contributed by atoms with Crippen molar-refractivity contribution in [1.82, 2.24) is 9.58 Å². The van der Waals surface area contributed by atoms with Crippen LogP contribution in [0.25, 0.3) is 0 Å². The number of halogens is 4. The molecule has 1 amide bonds. The van der Waals surface area contributed by atoms with Crippen molar-refractivity contribution in [2.24, 2.45) is 0 Å². The van der Waals surface area contributed by atoms with Gasteiger partial charge in [0.25, 0.3) is 5.91 Å². The van der Waals surface area contributed by atoms with Crippen molar-refractivity contribution in [3.63, 3.8) is 0 Å². The van der Waals surface area contributed by atoms with Crippen LogP contribution in [0.2, 0.25) is 0 Å². The first-order chi connectivity index (χ1) is 16.6. The fourth-order valence-electron chi connectivity index (χ4n) is 4.47. The van der Waals surface area contributed by atoms with E-state index in [1.807, 2.05) is 12.1 Å². The predicted molar refractivity (Wildman–Crippen MR) is 121 cm³/mol. The van der Waals surface area contributed by atoms with E-state index in [2.05, 4.69) is 0 Å². The zero-order chi connectivity index (χ0) is 25.1. The van der Waals surface area contributed by atoms with Gasteiger partial charge in [0.05, 0.1) is 6.04 Å². The molecule has 0 saturated carbocycles. The highest BCUT2D eigenvalue weighted by molar-refractivity contribution is 7.98. The van der Waals surface area contributed by atoms with Crippen molar-refractivity contribution >= 4 is 17.7 Å². The summed E-state index contributed by atoms with van der Waals surface area (Å²) >= 11 is 1.51. The van der Waals surface area contributed by atoms with Gasteiger partial charge in [0.1, 0.15) is 18.5 Å². The third-order valence-electron chi connectivity index (χ3n) is 6.33. The number of nitrogens with zero attached hydrogens (tertiary/aromatic N) is 3. The van der Waals surface area contributed by atoms with Crippen LogP contribution in [0, 0.1) is 5.82 Å². The first-order valence-corrected chi connectivity index (χ1v) is 11.7. The Morgan fingerprint density at radius 1 is 1.09 bits per heavy atom. The van der Waals surface area contributed by atoms with Crippen LogP contribution >= 0.6 is 11.8 Å². The third-order valence-corrected chi connectivity index (χ3v) is 7.47. The SMILES string of the molecule is CC(N1CN([C@H]2c3cc(F)ccc3CSc3ccccc32)n2ccc(=O)c(O)c2C1=O)C(F)(F)F. The van der Waals surface area contributed by atoms with Gasteiger partial charge in [-0.25, -0.2) is 4.39 Å². The lowest BCUT2D eigenvalue weighted by Gasteiger charge is -2.46. The molecule has 0 spiro atoms. The second-order valence-electron chi connectivity index (χ2n) is 8.37. The maximum absolute atomic E-state index is 14.5. The number of fused-ring (bicyclic) bond motifs is 3. The summed E-state index contributed by atoms with van der Waals surface area (Å²) in [5.41, 5.74) is 0.513. The number of benzene rings is 2. The lowest BCUT2D eigenvalue weighted by Crippen LogP contribution is -2.60. The van der Waals surface area contributed by atoms with Crippen LogP contribution < -0.4 is 10.4 Å². The van der Waals surface area contributed by atoms with Gasteiger partial charge in [-0.2, -0.15) is 13.2 Å². The molecule has 11 heteroatoms. The molecule has 0 radical (unpaired) electrons. The Morgan fingerprint density at radius 2 is 1.83 bits per heavy atom. The van der Waals surface area contributed by atoms with E-state index in [0.29, 0.717) is 21.8 Å². The Kier molecular flexibility index (Phi) is 5.54. The van der Waals surface area contributed by atoms with Crippen LogP contribution in [0.1, 0.15) is 40.1 Å². The fourth-order valence-corrected chi connectivity index (χ4v) is 5.56. The number of thioether (sulfide) groups is 1. The van der Waals surface area contributed by atoms with Crippen molar-refractivity contribution in [2.75, 3.05) is 11.7 Å². The van der Waals surface area contributed by atoms with Gasteiger partial charge in [-0.1, -0.05) is 24.3 Å². The van der Waals surface area contributed by atoms with E-state index < -0.39 is 53.5 Å². The maximum Gasteiger partial charge on any atom is 0.408 e. The second kappa shape index (κ2) is 8.33. The lowest BCUT2D eigenvalue weighted by atomic mass is 9.94. The molecule has 5 rings (SSSR count). The number of aromatic hydroxyl groups is 1. The van der Waals surface area contributed by atoms with Gasteiger partial charge in [-0.15, -0.1) is 11.8 Å².